The predicted octanol–water partition coefficient (Wildman–Crippen LogP) is 2.89. The van der Waals surface area contributed by atoms with Crippen molar-refractivity contribution in [1.82, 2.24) is 4.90 Å². The summed E-state index contributed by atoms with van der Waals surface area (Å²) in [6.07, 6.45) is 1.78. The fourth-order valence-electron chi connectivity index (χ4n) is 2.41. The van der Waals surface area contributed by atoms with Gasteiger partial charge in [-0.15, -0.1) is 0 Å². The molecule has 2 N–H and O–H groups in total. The van der Waals surface area contributed by atoms with Gasteiger partial charge in [0.15, 0.2) is 0 Å². The number of likely N-dealkylation sites (N-methyl/N-ethyl adjacent to an activating group) is 1. The van der Waals surface area contributed by atoms with Crippen LogP contribution in [0.2, 0.25) is 0 Å². The third kappa shape index (κ3) is 4.19. The molecule has 20 heavy (non-hydrogen) atoms. The molecule has 0 aromatic heterocycles. The van der Waals surface area contributed by atoms with E-state index < -0.39 is 0 Å². The Morgan fingerprint density at radius 3 is 1.90 bits per heavy atom. The first-order valence-electron chi connectivity index (χ1n) is 7.03. The zero-order valence-electron chi connectivity index (χ0n) is 12.3. The summed E-state index contributed by atoms with van der Waals surface area (Å²) in [6, 6.07) is 22.2. The number of rotatable bonds is 6. The maximum atomic E-state index is 6.42. The summed E-state index contributed by atoms with van der Waals surface area (Å²) in [4.78, 5) is 2.15. The molecule has 1 unspecified atom stereocenters. The van der Waals surface area contributed by atoms with Gasteiger partial charge in [-0.3, -0.25) is 0 Å². The SMILES string of the molecule is CN(C)[C](Cc1ccccc1)C(N)Cc1ccccc1. The molecule has 0 bridgehead atoms. The quantitative estimate of drug-likeness (QED) is 0.872. The predicted molar refractivity (Wildman–Crippen MR) is 85.2 cm³/mol. The lowest BCUT2D eigenvalue weighted by molar-refractivity contribution is 0.356. The zero-order chi connectivity index (χ0) is 14.4. The van der Waals surface area contributed by atoms with Gasteiger partial charge in [-0.1, -0.05) is 60.7 Å². The smallest absolute Gasteiger partial charge is 0.0601 e. The second kappa shape index (κ2) is 7.22. The molecule has 0 aliphatic carbocycles. The molecular weight excluding hydrogens is 244 g/mol. The van der Waals surface area contributed by atoms with Gasteiger partial charge in [0, 0.05) is 6.04 Å². The zero-order valence-corrected chi connectivity index (χ0v) is 12.3. The molecule has 2 rings (SSSR count). The molecule has 0 amide bonds. The standard InChI is InChI=1S/C18H23N2/c1-20(2)18(14-16-11-7-4-8-12-16)17(19)13-15-9-5-3-6-10-15/h3-12,17H,13-14,19H2,1-2H3. The number of nitrogens with zero attached hydrogens (tertiary/aromatic N) is 1. The van der Waals surface area contributed by atoms with Crippen molar-refractivity contribution >= 4 is 0 Å². The van der Waals surface area contributed by atoms with Crippen LogP contribution in [0, 0.1) is 6.04 Å². The number of hydrogen-bond acceptors (Lipinski definition) is 2. The van der Waals surface area contributed by atoms with Crippen LogP contribution in [-0.2, 0) is 12.8 Å². The highest BCUT2D eigenvalue weighted by Crippen LogP contribution is 2.18. The minimum absolute atomic E-state index is 0.0487. The third-order valence-electron chi connectivity index (χ3n) is 3.53. The molecule has 2 aromatic rings. The van der Waals surface area contributed by atoms with Crippen LogP contribution in [0.4, 0.5) is 0 Å². The van der Waals surface area contributed by atoms with Crippen LogP contribution in [0.15, 0.2) is 60.7 Å². The highest BCUT2D eigenvalue weighted by atomic mass is 15.1. The lowest BCUT2D eigenvalue weighted by Crippen LogP contribution is -2.40. The molecule has 2 nitrogen and oxygen atoms in total. The average molecular weight is 267 g/mol. The van der Waals surface area contributed by atoms with Gasteiger partial charge in [0.2, 0.25) is 0 Å². The van der Waals surface area contributed by atoms with Crippen molar-refractivity contribution in [2.24, 2.45) is 5.73 Å². The van der Waals surface area contributed by atoms with E-state index in [0.29, 0.717) is 0 Å². The molecule has 0 aliphatic rings. The molecule has 0 spiro atoms. The van der Waals surface area contributed by atoms with E-state index in [1.165, 1.54) is 17.2 Å². The molecule has 0 aliphatic heterocycles. The molecule has 1 radical (unpaired) electrons. The van der Waals surface area contributed by atoms with Crippen LogP contribution >= 0.6 is 0 Å². The van der Waals surface area contributed by atoms with Gasteiger partial charge in [0.1, 0.15) is 0 Å². The van der Waals surface area contributed by atoms with E-state index in [4.69, 9.17) is 5.73 Å². The van der Waals surface area contributed by atoms with Crippen molar-refractivity contribution in [3.05, 3.63) is 77.8 Å². The van der Waals surface area contributed by atoms with Gasteiger partial charge >= 0.3 is 0 Å². The molecular formula is C18H23N2. The summed E-state index contributed by atoms with van der Waals surface area (Å²) in [5.41, 5.74) is 9.01. The van der Waals surface area contributed by atoms with Gasteiger partial charge in [-0.05, 0) is 38.1 Å². The van der Waals surface area contributed by atoms with Gasteiger partial charge < -0.3 is 10.6 Å². The Kier molecular flexibility index (Phi) is 5.33. The Morgan fingerprint density at radius 1 is 0.900 bits per heavy atom. The van der Waals surface area contributed by atoms with E-state index in [0.717, 1.165) is 12.8 Å². The van der Waals surface area contributed by atoms with E-state index in [1.54, 1.807) is 0 Å². The van der Waals surface area contributed by atoms with Gasteiger partial charge in [0.05, 0.1) is 6.04 Å². The first-order valence-corrected chi connectivity index (χ1v) is 7.03. The van der Waals surface area contributed by atoms with Crippen molar-refractivity contribution in [2.75, 3.05) is 14.1 Å². The van der Waals surface area contributed by atoms with Crippen molar-refractivity contribution in [2.45, 2.75) is 18.9 Å². The molecule has 0 saturated heterocycles. The van der Waals surface area contributed by atoms with Gasteiger partial charge in [0.25, 0.3) is 0 Å². The molecule has 1 atom stereocenters. The lowest BCUT2D eigenvalue weighted by Gasteiger charge is -2.29. The van der Waals surface area contributed by atoms with Crippen LogP contribution in [-0.4, -0.2) is 25.0 Å². The monoisotopic (exact) mass is 267 g/mol. The van der Waals surface area contributed by atoms with E-state index >= 15 is 0 Å². The van der Waals surface area contributed by atoms with E-state index in [1.807, 2.05) is 12.1 Å². The highest BCUT2D eigenvalue weighted by molar-refractivity contribution is 5.23. The summed E-state index contributed by atoms with van der Waals surface area (Å²) in [7, 11) is 4.15. The van der Waals surface area contributed by atoms with Gasteiger partial charge in [-0.2, -0.15) is 0 Å². The maximum Gasteiger partial charge on any atom is 0.0601 e. The summed E-state index contributed by atoms with van der Waals surface area (Å²) in [5, 5.41) is 0. The molecule has 0 heterocycles. The minimum atomic E-state index is 0.0487. The number of benzene rings is 2. The summed E-state index contributed by atoms with van der Waals surface area (Å²) in [6.45, 7) is 0. The molecule has 0 fully saturated rings. The molecule has 0 saturated carbocycles. The summed E-state index contributed by atoms with van der Waals surface area (Å²) < 4.78 is 0. The van der Waals surface area contributed by atoms with E-state index in [-0.39, 0.29) is 6.04 Å². The Labute approximate surface area is 122 Å². The van der Waals surface area contributed by atoms with Crippen molar-refractivity contribution in [1.29, 1.82) is 0 Å². The highest BCUT2D eigenvalue weighted by Gasteiger charge is 2.21. The van der Waals surface area contributed by atoms with E-state index in [9.17, 15) is 0 Å². The summed E-state index contributed by atoms with van der Waals surface area (Å²) >= 11 is 0. The van der Waals surface area contributed by atoms with Crippen molar-refractivity contribution in [3.8, 4) is 0 Å². The van der Waals surface area contributed by atoms with Gasteiger partial charge in [-0.25, -0.2) is 0 Å². The molecule has 2 heteroatoms. The van der Waals surface area contributed by atoms with Crippen molar-refractivity contribution in [3.63, 3.8) is 0 Å². The van der Waals surface area contributed by atoms with Crippen LogP contribution in [0.25, 0.3) is 0 Å². The largest absolute Gasteiger partial charge is 0.326 e. The fraction of sp³-hybridized carbons (Fsp3) is 0.278. The van der Waals surface area contributed by atoms with Crippen LogP contribution in [0.1, 0.15) is 11.1 Å². The average Bonchev–Trinajstić information content (AvgIpc) is 2.46. The molecule has 105 valence electrons. The normalized spacial score (nSPS) is 12.8. The fourth-order valence-corrected chi connectivity index (χ4v) is 2.41. The summed E-state index contributed by atoms with van der Waals surface area (Å²) in [5.74, 6) is 0. The topological polar surface area (TPSA) is 29.3 Å². The second-order valence-electron chi connectivity index (χ2n) is 5.34. The number of nitrogens with two attached hydrogens (primary N) is 1. The second-order valence-corrected chi connectivity index (χ2v) is 5.34. The maximum absolute atomic E-state index is 6.42. The minimum Gasteiger partial charge on any atom is -0.326 e. The Hall–Kier alpha value is -1.64. The Bertz CT molecular complexity index is 493. The molecule has 2 aromatic carbocycles. The first kappa shape index (κ1) is 14.8. The third-order valence-corrected chi connectivity index (χ3v) is 3.53. The van der Waals surface area contributed by atoms with Crippen LogP contribution in [0.3, 0.4) is 0 Å². The van der Waals surface area contributed by atoms with E-state index in [2.05, 4.69) is 67.5 Å². The lowest BCUT2D eigenvalue weighted by atomic mass is 9.94. The van der Waals surface area contributed by atoms with Crippen LogP contribution < -0.4 is 5.73 Å². The van der Waals surface area contributed by atoms with Crippen molar-refractivity contribution < 1.29 is 0 Å². The Morgan fingerprint density at radius 2 is 1.40 bits per heavy atom. The van der Waals surface area contributed by atoms with Crippen LogP contribution in [0.5, 0.6) is 0 Å². The Balaban J connectivity index is 2.04. The number of hydrogen-bond donors (Lipinski definition) is 1. The first-order chi connectivity index (χ1) is 9.66.